The summed E-state index contributed by atoms with van der Waals surface area (Å²) in [5.41, 5.74) is 1.78. The molecule has 1 N–H and O–H groups in total. The Labute approximate surface area is 177 Å². The molecular weight excluding hydrogens is 400 g/mol. The first-order valence-corrected chi connectivity index (χ1v) is 9.35. The molecule has 31 heavy (non-hydrogen) atoms. The molecule has 0 spiro atoms. The molecule has 9 heteroatoms. The largest absolute Gasteiger partial charge is 0.497 e. The van der Waals surface area contributed by atoms with Gasteiger partial charge in [-0.2, -0.15) is 5.10 Å². The van der Waals surface area contributed by atoms with Crippen molar-refractivity contribution in [1.29, 1.82) is 0 Å². The van der Waals surface area contributed by atoms with Crippen LogP contribution in [0.25, 0.3) is 16.9 Å². The molecule has 0 fully saturated rings. The number of nitrogens with one attached hydrogen (secondary N) is 1. The third-order valence-electron chi connectivity index (χ3n) is 4.60. The van der Waals surface area contributed by atoms with Crippen LogP contribution in [0.2, 0.25) is 0 Å². The third-order valence-corrected chi connectivity index (χ3v) is 4.60. The number of hydrogen-bond donors (Lipinski definition) is 1. The molecule has 2 aromatic heterocycles. The quantitative estimate of drug-likeness (QED) is 0.359. The number of methoxy groups -OCH3 is 1. The predicted octanol–water partition coefficient (Wildman–Crippen LogP) is 3.98. The Bertz CT molecular complexity index is 1230. The van der Waals surface area contributed by atoms with Gasteiger partial charge in [0.2, 0.25) is 0 Å². The van der Waals surface area contributed by atoms with Crippen LogP contribution in [0.3, 0.4) is 0 Å². The van der Waals surface area contributed by atoms with Gasteiger partial charge in [-0.25, -0.2) is 4.68 Å². The lowest BCUT2D eigenvalue weighted by Crippen LogP contribution is -2.25. The fourth-order valence-corrected chi connectivity index (χ4v) is 3.07. The van der Waals surface area contributed by atoms with E-state index in [-0.39, 0.29) is 17.9 Å². The number of nitro groups is 1. The van der Waals surface area contributed by atoms with Crippen LogP contribution in [0.5, 0.6) is 5.75 Å². The van der Waals surface area contributed by atoms with Gasteiger partial charge in [0, 0.05) is 17.7 Å². The molecule has 9 nitrogen and oxygen atoms in total. The SMILES string of the molecule is COc1cccc(-c2cc(C(=O)NCc3ccco3)n(-c3cccc([N+](=O)[O-])c3)n2)c1. The average Bonchev–Trinajstić information content (AvgIpc) is 3.48. The number of hydrogen-bond acceptors (Lipinski definition) is 6. The van der Waals surface area contributed by atoms with Gasteiger partial charge < -0.3 is 14.5 Å². The van der Waals surface area contributed by atoms with E-state index in [0.29, 0.717) is 22.9 Å². The number of carbonyl (C=O) groups excluding carboxylic acids is 1. The fraction of sp³-hybridized carbons (Fsp3) is 0.0909. The lowest BCUT2D eigenvalue weighted by Gasteiger charge is -2.07. The highest BCUT2D eigenvalue weighted by Crippen LogP contribution is 2.26. The first-order chi connectivity index (χ1) is 15.0. The van der Waals surface area contributed by atoms with Crippen LogP contribution in [0.15, 0.2) is 77.4 Å². The van der Waals surface area contributed by atoms with E-state index in [1.165, 1.54) is 23.1 Å². The summed E-state index contributed by atoms with van der Waals surface area (Å²) in [6, 6.07) is 18.3. The monoisotopic (exact) mass is 418 g/mol. The first kappa shape index (κ1) is 19.9. The van der Waals surface area contributed by atoms with E-state index in [0.717, 1.165) is 5.56 Å². The molecule has 4 rings (SSSR count). The second-order valence-corrected chi connectivity index (χ2v) is 6.60. The van der Waals surface area contributed by atoms with E-state index in [1.807, 2.05) is 12.1 Å². The molecule has 0 bridgehead atoms. The first-order valence-electron chi connectivity index (χ1n) is 9.35. The molecule has 0 unspecified atom stereocenters. The summed E-state index contributed by atoms with van der Waals surface area (Å²) in [6.45, 7) is 0.195. The maximum absolute atomic E-state index is 12.9. The smallest absolute Gasteiger partial charge is 0.271 e. The number of benzene rings is 2. The second-order valence-electron chi connectivity index (χ2n) is 6.60. The van der Waals surface area contributed by atoms with Crippen LogP contribution in [-0.2, 0) is 6.54 Å². The van der Waals surface area contributed by atoms with Crippen LogP contribution in [0, 0.1) is 10.1 Å². The Hall–Kier alpha value is -4.40. The summed E-state index contributed by atoms with van der Waals surface area (Å²) in [6.07, 6.45) is 1.52. The van der Waals surface area contributed by atoms with E-state index >= 15 is 0 Å². The normalized spacial score (nSPS) is 10.6. The number of non-ortho nitro benzene ring substituents is 1. The minimum absolute atomic E-state index is 0.0992. The van der Waals surface area contributed by atoms with Crippen molar-refractivity contribution in [3.63, 3.8) is 0 Å². The zero-order chi connectivity index (χ0) is 21.8. The van der Waals surface area contributed by atoms with E-state index in [4.69, 9.17) is 9.15 Å². The van der Waals surface area contributed by atoms with Crippen molar-refractivity contribution in [2.45, 2.75) is 6.54 Å². The Morgan fingerprint density at radius 2 is 2.00 bits per heavy atom. The van der Waals surface area contributed by atoms with Gasteiger partial charge in [-0.3, -0.25) is 14.9 Å². The highest BCUT2D eigenvalue weighted by atomic mass is 16.6. The summed E-state index contributed by atoms with van der Waals surface area (Å²) >= 11 is 0. The number of amides is 1. The second kappa shape index (κ2) is 8.54. The molecule has 2 heterocycles. The highest BCUT2D eigenvalue weighted by molar-refractivity contribution is 5.94. The minimum atomic E-state index is -0.493. The minimum Gasteiger partial charge on any atom is -0.497 e. The molecule has 0 aliphatic heterocycles. The fourth-order valence-electron chi connectivity index (χ4n) is 3.07. The zero-order valence-corrected chi connectivity index (χ0v) is 16.5. The number of rotatable bonds is 7. The molecule has 0 aliphatic carbocycles. The third kappa shape index (κ3) is 4.30. The molecule has 0 saturated heterocycles. The van der Waals surface area contributed by atoms with Crippen LogP contribution in [-0.4, -0.2) is 27.7 Å². The van der Waals surface area contributed by atoms with Crippen LogP contribution < -0.4 is 10.1 Å². The van der Waals surface area contributed by atoms with Gasteiger partial charge in [0.1, 0.15) is 17.2 Å². The van der Waals surface area contributed by atoms with Crippen LogP contribution in [0.1, 0.15) is 16.2 Å². The van der Waals surface area contributed by atoms with Crippen molar-refractivity contribution >= 4 is 11.6 Å². The maximum atomic E-state index is 12.9. The van der Waals surface area contributed by atoms with Gasteiger partial charge in [0.25, 0.3) is 11.6 Å². The van der Waals surface area contributed by atoms with Gasteiger partial charge in [-0.1, -0.05) is 18.2 Å². The Morgan fingerprint density at radius 1 is 1.16 bits per heavy atom. The molecular formula is C22H18N4O5. The molecule has 0 atom stereocenters. The lowest BCUT2D eigenvalue weighted by atomic mass is 10.1. The number of nitrogens with zero attached hydrogens (tertiary/aromatic N) is 3. The number of carbonyl (C=O) groups is 1. The van der Waals surface area contributed by atoms with Gasteiger partial charge in [-0.05, 0) is 36.4 Å². The van der Waals surface area contributed by atoms with Gasteiger partial charge in [0.05, 0.1) is 36.2 Å². The number of nitro benzene ring substituents is 1. The summed E-state index contributed by atoms with van der Waals surface area (Å²) in [5, 5.41) is 18.5. The van der Waals surface area contributed by atoms with Gasteiger partial charge in [0.15, 0.2) is 0 Å². The average molecular weight is 418 g/mol. The summed E-state index contributed by atoms with van der Waals surface area (Å²) in [4.78, 5) is 23.7. The molecule has 2 aromatic carbocycles. The molecule has 0 radical (unpaired) electrons. The Balaban J connectivity index is 1.75. The molecule has 4 aromatic rings. The topological polar surface area (TPSA) is 112 Å². The van der Waals surface area contributed by atoms with Crippen molar-refractivity contribution in [3.8, 4) is 22.7 Å². The summed E-state index contributed by atoms with van der Waals surface area (Å²) in [7, 11) is 1.56. The van der Waals surface area contributed by atoms with Crippen LogP contribution >= 0.6 is 0 Å². The molecule has 156 valence electrons. The van der Waals surface area contributed by atoms with Crippen molar-refractivity contribution in [1.82, 2.24) is 15.1 Å². The maximum Gasteiger partial charge on any atom is 0.271 e. The Morgan fingerprint density at radius 3 is 2.74 bits per heavy atom. The van der Waals surface area contributed by atoms with E-state index < -0.39 is 10.8 Å². The standard InChI is InChI=1S/C22H18N4O5/c1-30-18-8-2-5-15(11-18)20-13-21(22(27)23-14-19-9-4-10-31-19)25(24-20)16-6-3-7-17(12-16)26(28)29/h2-13H,14H2,1H3,(H,23,27). The molecule has 0 aliphatic rings. The number of ether oxygens (including phenoxy) is 1. The Kier molecular flexibility index (Phi) is 5.48. The van der Waals surface area contributed by atoms with Crippen molar-refractivity contribution in [2.24, 2.45) is 0 Å². The van der Waals surface area contributed by atoms with Crippen molar-refractivity contribution < 1.29 is 18.9 Å². The molecule has 1 amide bonds. The summed E-state index contributed by atoms with van der Waals surface area (Å²) in [5.74, 6) is 0.846. The van der Waals surface area contributed by atoms with E-state index in [9.17, 15) is 14.9 Å². The highest BCUT2D eigenvalue weighted by Gasteiger charge is 2.19. The van der Waals surface area contributed by atoms with Crippen molar-refractivity contribution in [2.75, 3.05) is 7.11 Å². The number of aromatic nitrogens is 2. The number of furan rings is 1. The lowest BCUT2D eigenvalue weighted by molar-refractivity contribution is -0.384. The molecule has 0 saturated carbocycles. The van der Waals surface area contributed by atoms with Gasteiger partial charge >= 0.3 is 0 Å². The summed E-state index contributed by atoms with van der Waals surface area (Å²) < 4.78 is 11.9. The van der Waals surface area contributed by atoms with Crippen molar-refractivity contribution in [3.05, 3.63) is 94.6 Å². The zero-order valence-electron chi connectivity index (χ0n) is 16.5. The van der Waals surface area contributed by atoms with Gasteiger partial charge in [-0.15, -0.1) is 0 Å². The predicted molar refractivity (Wildman–Crippen MR) is 112 cm³/mol. The van der Waals surface area contributed by atoms with E-state index in [1.54, 1.807) is 49.6 Å². The van der Waals surface area contributed by atoms with E-state index in [2.05, 4.69) is 10.4 Å². The van der Waals surface area contributed by atoms with Crippen LogP contribution in [0.4, 0.5) is 5.69 Å².